The molecule has 130 valence electrons. The van der Waals surface area contributed by atoms with Crippen LogP contribution in [0.3, 0.4) is 0 Å². The Kier molecular flexibility index (Phi) is 6.49. The summed E-state index contributed by atoms with van der Waals surface area (Å²) < 4.78 is 5.35. The van der Waals surface area contributed by atoms with Crippen LogP contribution in [0.4, 0.5) is 0 Å². The van der Waals surface area contributed by atoms with E-state index in [0.717, 1.165) is 25.2 Å². The molecule has 4 nitrogen and oxygen atoms in total. The van der Waals surface area contributed by atoms with Crippen LogP contribution in [0.2, 0.25) is 0 Å². The van der Waals surface area contributed by atoms with Crippen LogP contribution in [-0.4, -0.2) is 36.8 Å². The lowest BCUT2D eigenvalue weighted by Gasteiger charge is -2.18. The highest BCUT2D eigenvalue weighted by Gasteiger charge is 2.33. The second kappa shape index (κ2) is 8.38. The molecule has 1 fully saturated rings. The van der Waals surface area contributed by atoms with E-state index in [0.29, 0.717) is 24.1 Å². The number of rotatable bonds is 5. The average Bonchev–Trinajstić information content (AvgIpc) is 2.99. The molecule has 0 aliphatic carbocycles. The largest absolute Gasteiger partial charge is 0.504 e. The zero-order valence-electron chi connectivity index (χ0n) is 13.9. The van der Waals surface area contributed by atoms with Gasteiger partial charge in [-0.1, -0.05) is 42.5 Å². The van der Waals surface area contributed by atoms with E-state index in [1.54, 1.807) is 13.2 Å². The molecule has 1 aliphatic heterocycles. The molecule has 1 aliphatic rings. The molecule has 0 aromatic heterocycles. The molecule has 0 saturated carbocycles. The van der Waals surface area contributed by atoms with Gasteiger partial charge in [0.2, 0.25) is 0 Å². The number of benzene rings is 2. The van der Waals surface area contributed by atoms with Gasteiger partial charge in [0, 0.05) is 31.1 Å². The van der Waals surface area contributed by atoms with Gasteiger partial charge in [0.15, 0.2) is 11.5 Å². The van der Waals surface area contributed by atoms with Crippen molar-refractivity contribution in [3.05, 3.63) is 59.7 Å². The van der Waals surface area contributed by atoms with E-state index in [4.69, 9.17) is 10.5 Å². The van der Waals surface area contributed by atoms with Crippen LogP contribution in [-0.2, 0) is 6.54 Å². The summed E-state index contributed by atoms with van der Waals surface area (Å²) in [7, 11) is 1.60. The van der Waals surface area contributed by atoms with Gasteiger partial charge < -0.3 is 15.6 Å². The van der Waals surface area contributed by atoms with E-state index in [1.165, 1.54) is 5.56 Å². The fourth-order valence-electron chi connectivity index (χ4n) is 3.58. The number of nitrogens with zero attached hydrogens (tertiary/aromatic N) is 1. The molecule has 24 heavy (non-hydrogen) atoms. The van der Waals surface area contributed by atoms with Crippen molar-refractivity contribution < 1.29 is 9.84 Å². The summed E-state index contributed by atoms with van der Waals surface area (Å²) in [5.74, 6) is 1.68. The summed E-state index contributed by atoms with van der Waals surface area (Å²) in [5, 5.41) is 9.93. The van der Waals surface area contributed by atoms with E-state index in [2.05, 4.69) is 29.2 Å². The molecule has 2 aromatic rings. The number of likely N-dealkylation sites (tertiary alicyclic amines) is 1. The third kappa shape index (κ3) is 3.83. The zero-order valence-corrected chi connectivity index (χ0v) is 14.7. The minimum Gasteiger partial charge on any atom is -0.504 e. The van der Waals surface area contributed by atoms with Gasteiger partial charge in [-0.05, 0) is 24.1 Å². The maximum atomic E-state index is 9.93. The predicted molar refractivity (Wildman–Crippen MR) is 98.9 cm³/mol. The van der Waals surface area contributed by atoms with Crippen molar-refractivity contribution in [1.82, 2.24) is 4.90 Å². The minimum atomic E-state index is 0. The Morgan fingerprint density at radius 2 is 1.88 bits per heavy atom. The van der Waals surface area contributed by atoms with Crippen molar-refractivity contribution in [2.75, 3.05) is 26.7 Å². The monoisotopic (exact) mass is 348 g/mol. The first-order valence-electron chi connectivity index (χ1n) is 8.05. The topological polar surface area (TPSA) is 58.7 Å². The molecule has 1 saturated heterocycles. The Morgan fingerprint density at radius 3 is 2.54 bits per heavy atom. The molecule has 5 heteroatoms. The highest BCUT2D eigenvalue weighted by Crippen LogP contribution is 2.35. The molecule has 0 unspecified atom stereocenters. The van der Waals surface area contributed by atoms with Crippen LogP contribution >= 0.6 is 12.4 Å². The van der Waals surface area contributed by atoms with Crippen molar-refractivity contribution in [2.45, 2.75) is 12.5 Å². The molecular weight excluding hydrogens is 324 g/mol. The molecule has 2 atom stereocenters. The zero-order chi connectivity index (χ0) is 16.2. The van der Waals surface area contributed by atoms with E-state index in [1.807, 2.05) is 18.2 Å². The highest BCUT2D eigenvalue weighted by molar-refractivity contribution is 5.85. The summed E-state index contributed by atoms with van der Waals surface area (Å²) in [6.07, 6.45) is 0. The number of para-hydroxylation sites is 1. The van der Waals surface area contributed by atoms with E-state index < -0.39 is 0 Å². The lowest BCUT2D eigenvalue weighted by atomic mass is 9.89. The van der Waals surface area contributed by atoms with Crippen molar-refractivity contribution in [3.8, 4) is 11.5 Å². The lowest BCUT2D eigenvalue weighted by molar-refractivity contribution is 0.304. The second-order valence-corrected chi connectivity index (χ2v) is 6.18. The van der Waals surface area contributed by atoms with E-state index in [-0.39, 0.29) is 18.2 Å². The first-order valence-corrected chi connectivity index (χ1v) is 8.05. The number of aromatic hydroxyl groups is 1. The van der Waals surface area contributed by atoms with Gasteiger partial charge in [0.25, 0.3) is 0 Å². The number of nitrogens with two attached hydrogens (primary N) is 1. The van der Waals surface area contributed by atoms with Gasteiger partial charge in [0.05, 0.1) is 7.11 Å². The van der Waals surface area contributed by atoms with Gasteiger partial charge in [-0.2, -0.15) is 0 Å². The summed E-state index contributed by atoms with van der Waals surface area (Å²) >= 11 is 0. The molecule has 2 aromatic carbocycles. The van der Waals surface area contributed by atoms with Gasteiger partial charge in [-0.3, -0.25) is 4.90 Å². The molecule has 0 spiro atoms. The summed E-state index contributed by atoms with van der Waals surface area (Å²) in [6.45, 7) is 3.39. The number of phenolic OH excluding ortho intramolecular Hbond substituents is 1. The van der Waals surface area contributed by atoms with Crippen molar-refractivity contribution >= 4 is 12.4 Å². The van der Waals surface area contributed by atoms with Crippen molar-refractivity contribution in [3.63, 3.8) is 0 Å². The molecule has 1 heterocycles. The number of halogens is 1. The summed E-state index contributed by atoms with van der Waals surface area (Å²) in [4.78, 5) is 2.40. The van der Waals surface area contributed by atoms with Gasteiger partial charge in [0.1, 0.15) is 0 Å². The number of methoxy groups -OCH3 is 1. The number of phenols is 1. The predicted octanol–water partition coefficient (Wildman–Crippen LogP) is 3.00. The fourth-order valence-corrected chi connectivity index (χ4v) is 3.58. The maximum absolute atomic E-state index is 9.93. The average molecular weight is 349 g/mol. The Morgan fingerprint density at radius 1 is 1.12 bits per heavy atom. The maximum Gasteiger partial charge on any atom is 0.164 e. The van der Waals surface area contributed by atoms with Crippen LogP contribution in [0.15, 0.2) is 48.5 Å². The first kappa shape index (κ1) is 18.6. The second-order valence-electron chi connectivity index (χ2n) is 6.18. The SMILES string of the molecule is COc1c(O)cccc1CN1C[C@@H](CN)[C@H](c2ccccc2)C1.Cl. The Labute approximate surface area is 149 Å². The molecule has 0 radical (unpaired) electrons. The Hall–Kier alpha value is -1.75. The van der Waals surface area contributed by atoms with Crippen LogP contribution in [0.25, 0.3) is 0 Å². The van der Waals surface area contributed by atoms with Gasteiger partial charge >= 0.3 is 0 Å². The van der Waals surface area contributed by atoms with E-state index in [9.17, 15) is 5.11 Å². The summed E-state index contributed by atoms with van der Waals surface area (Å²) in [5.41, 5.74) is 8.37. The number of hydrogen-bond acceptors (Lipinski definition) is 4. The smallest absolute Gasteiger partial charge is 0.164 e. The Balaban J connectivity index is 0.00000208. The molecule has 3 N–H and O–H groups in total. The highest BCUT2D eigenvalue weighted by atomic mass is 35.5. The normalized spacial score (nSPS) is 20.6. The van der Waals surface area contributed by atoms with Crippen LogP contribution in [0.1, 0.15) is 17.0 Å². The molecular formula is C19H25ClN2O2. The number of ether oxygens (including phenoxy) is 1. The third-order valence-electron chi connectivity index (χ3n) is 4.72. The van der Waals surface area contributed by atoms with Gasteiger partial charge in [-0.15, -0.1) is 12.4 Å². The molecule has 0 amide bonds. The molecule has 0 bridgehead atoms. The first-order chi connectivity index (χ1) is 11.2. The molecule has 3 rings (SSSR count). The summed E-state index contributed by atoms with van der Waals surface area (Å²) in [6, 6.07) is 16.1. The third-order valence-corrected chi connectivity index (χ3v) is 4.72. The van der Waals surface area contributed by atoms with Crippen molar-refractivity contribution in [2.24, 2.45) is 11.7 Å². The van der Waals surface area contributed by atoms with Gasteiger partial charge in [-0.25, -0.2) is 0 Å². The van der Waals surface area contributed by atoms with E-state index >= 15 is 0 Å². The number of hydrogen-bond donors (Lipinski definition) is 2. The minimum absolute atomic E-state index is 0. The quantitative estimate of drug-likeness (QED) is 0.872. The standard InChI is InChI=1S/C19H24N2O2.ClH/c1-23-19-15(8-5-9-18(19)22)11-21-12-16(10-20)17(13-21)14-6-3-2-4-7-14;/h2-9,16-17,22H,10-13,20H2,1H3;1H/t16-,17+;/m1./s1. The van der Waals surface area contributed by atoms with Crippen LogP contribution in [0, 0.1) is 5.92 Å². The lowest BCUT2D eigenvalue weighted by Crippen LogP contribution is -2.23. The Bertz CT molecular complexity index is 651. The van der Waals surface area contributed by atoms with Crippen LogP contribution < -0.4 is 10.5 Å². The van der Waals surface area contributed by atoms with Crippen molar-refractivity contribution in [1.29, 1.82) is 0 Å². The van der Waals surface area contributed by atoms with Crippen LogP contribution in [0.5, 0.6) is 11.5 Å². The fraction of sp³-hybridized carbons (Fsp3) is 0.368.